The van der Waals surface area contributed by atoms with Crippen molar-refractivity contribution in [2.45, 2.75) is 13.0 Å². The van der Waals surface area contributed by atoms with Gasteiger partial charge < -0.3 is 5.32 Å². The van der Waals surface area contributed by atoms with Crippen molar-refractivity contribution in [3.05, 3.63) is 65.2 Å². The van der Waals surface area contributed by atoms with Crippen LogP contribution in [0.3, 0.4) is 0 Å². The van der Waals surface area contributed by atoms with Crippen molar-refractivity contribution in [2.75, 3.05) is 18.4 Å². The van der Waals surface area contributed by atoms with E-state index in [4.69, 9.17) is 0 Å². The van der Waals surface area contributed by atoms with E-state index in [1.54, 1.807) is 0 Å². The Morgan fingerprint density at radius 3 is 2.68 bits per heavy atom. The molecule has 0 aliphatic carbocycles. The number of nitrogens with zero attached hydrogens (tertiary/aromatic N) is 1. The van der Waals surface area contributed by atoms with Crippen LogP contribution >= 0.6 is 0 Å². The number of halogens is 2. The quantitative estimate of drug-likeness (QED) is 0.945. The largest absolute Gasteiger partial charge is 0.322 e. The lowest BCUT2D eigenvalue weighted by atomic mass is 10.00. The predicted octanol–water partition coefficient (Wildman–Crippen LogP) is 2.96. The minimum absolute atomic E-state index is 0.00353. The molecule has 3 nitrogen and oxygen atoms in total. The SMILES string of the molecule is O=C(CN1CCc2ccccc2C1)Nc1ccc(F)cc1F. The highest BCUT2D eigenvalue weighted by Crippen LogP contribution is 2.19. The summed E-state index contributed by atoms with van der Waals surface area (Å²) in [6.07, 6.45) is 0.897. The molecule has 1 aliphatic rings. The summed E-state index contributed by atoms with van der Waals surface area (Å²) in [5, 5.41) is 2.49. The number of hydrogen-bond donors (Lipinski definition) is 1. The highest BCUT2D eigenvalue weighted by Gasteiger charge is 2.18. The van der Waals surface area contributed by atoms with E-state index in [1.165, 1.54) is 17.2 Å². The second-order valence-corrected chi connectivity index (χ2v) is 5.40. The van der Waals surface area contributed by atoms with Gasteiger partial charge in [0.25, 0.3) is 0 Å². The third-order valence-corrected chi connectivity index (χ3v) is 3.78. The molecule has 0 bridgehead atoms. The van der Waals surface area contributed by atoms with E-state index >= 15 is 0 Å². The molecule has 2 aromatic carbocycles. The Balaban J connectivity index is 1.61. The Hall–Kier alpha value is -2.27. The van der Waals surface area contributed by atoms with Crippen LogP contribution in [0.25, 0.3) is 0 Å². The smallest absolute Gasteiger partial charge is 0.238 e. The highest BCUT2D eigenvalue weighted by molar-refractivity contribution is 5.92. The van der Waals surface area contributed by atoms with Gasteiger partial charge in [0.1, 0.15) is 11.6 Å². The summed E-state index contributed by atoms with van der Waals surface area (Å²) in [6.45, 7) is 1.68. The molecular weight excluding hydrogens is 286 g/mol. The summed E-state index contributed by atoms with van der Waals surface area (Å²) in [5.41, 5.74) is 2.53. The van der Waals surface area contributed by atoms with Gasteiger partial charge in [-0.2, -0.15) is 0 Å². The molecule has 1 aliphatic heterocycles. The first-order valence-corrected chi connectivity index (χ1v) is 7.16. The zero-order valence-corrected chi connectivity index (χ0v) is 12.0. The minimum atomic E-state index is -0.766. The van der Waals surface area contributed by atoms with Crippen molar-refractivity contribution in [3.8, 4) is 0 Å². The molecule has 0 saturated heterocycles. The molecule has 0 atom stereocenters. The van der Waals surface area contributed by atoms with Crippen molar-refractivity contribution in [2.24, 2.45) is 0 Å². The molecule has 0 saturated carbocycles. The maximum Gasteiger partial charge on any atom is 0.238 e. The molecule has 0 radical (unpaired) electrons. The van der Waals surface area contributed by atoms with Gasteiger partial charge in [0, 0.05) is 19.2 Å². The van der Waals surface area contributed by atoms with E-state index in [-0.39, 0.29) is 18.1 Å². The maximum absolute atomic E-state index is 13.5. The lowest BCUT2D eigenvalue weighted by Gasteiger charge is -2.28. The van der Waals surface area contributed by atoms with Crippen LogP contribution in [-0.2, 0) is 17.8 Å². The molecule has 0 aromatic heterocycles. The van der Waals surface area contributed by atoms with E-state index in [1.807, 2.05) is 17.0 Å². The average molecular weight is 302 g/mol. The van der Waals surface area contributed by atoms with E-state index in [9.17, 15) is 13.6 Å². The molecular formula is C17H16F2N2O. The molecule has 1 heterocycles. The summed E-state index contributed by atoms with van der Waals surface area (Å²) in [7, 11) is 0. The van der Waals surface area contributed by atoms with Crippen molar-refractivity contribution < 1.29 is 13.6 Å². The molecule has 0 fully saturated rings. The normalized spacial score (nSPS) is 14.5. The van der Waals surface area contributed by atoms with Crippen molar-refractivity contribution in [1.29, 1.82) is 0 Å². The Morgan fingerprint density at radius 1 is 1.14 bits per heavy atom. The molecule has 22 heavy (non-hydrogen) atoms. The number of carbonyl (C=O) groups excluding carboxylic acids is 1. The van der Waals surface area contributed by atoms with Gasteiger partial charge in [0.15, 0.2) is 0 Å². The van der Waals surface area contributed by atoms with Gasteiger partial charge in [-0.15, -0.1) is 0 Å². The lowest BCUT2D eigenvalue weighted by molar-refractivity contribution is -0.117. The fraction of sp³-hybridized carbons (Fsp3) is 0.235. The summed E-state index contributed by atoms with van der Waals surface area (Å²) >= 11 is 0. The molecule has 114 valence electrons. The topological polar surface area (TPSA) is 32.3 Å². The zero-order chi connectivity index (χ0) is 15.5. The number of amides is 1. The van der Waals surface area contributed by atoms with Crippen LogP contribution in [0, 0.1) is 11.6 Å². The Kier molecular flexibility index (Phi) is 4.15. The lowest BCUT2D eigenvalue weighted by Crippen LogP contribution is -2.37. The fourth-order valence-corrected chi connectivity index (χ4v) is 2.67. The van der Waals surface area contributed by atoms with Gasteiger partial charge in [-0.3, -0.25) is 9.69 Å². The first-order valence-electron chi connectivity index (χ1n) is 7.16. The molecule has 1 N–H and O–H groups in total. The standard InChI is InChI=1S/C17H16F2N2O/c18-14-5-6-16(15(19)9-14)20-17(22)11-21-8-7-12-3-1-2-4-13(12)10-21/h1-6,9H,7-8,10-11H2,(H,20,22). The average Bonchev–Trinajstić information content (AvgIpc) is 2.50. The van der Waals surface area contributed by atoms with Gasteiger partial charge in [-0.25, -0.2) is 8.78 Å². The second-order valence-electron chi connectivity index (χ2n) is 5.40. The van der Waals surface area contributed by atoms with Gasteiger partial charge in [0.2, 0.25) is 5.91 Å². The van der Waals surface area contributed by atoms with Crippen LogP contribution in [0.5, 0.6) is 0 Å². The number of rotatable bonds is 3. The first-order chi connectivity index (χ1) is 10.6. The summed E-state index contributed by atoms with van der Waals surface area (Å²) in [6, 6.07) is 11.3. The van der Waals surface area contributed by atoms with Gasteiger partial charge >= 0.3 is 0 Å². The Labute approximate surface area is 127 Å². The van der Waals surface area contributed by atoms with Crippen LogP contribution in [-0.4, -0.2) is 23.9 Å². The Morgan fingerprint density at radius 2 is 1.91 bits per heavy atom. The number of hydrogen-bond acceptors (Lipinski definition) is 2. The third kappa shape index (κ3) is 3.31. The molecule has 0 unspecified atom stereocenters. The molecule has 0 spiro atoms. The monoisotopic (exact) mass is 302 g/mol. The van der Waals surface area contributed by atoms with E-state index in [0.717, 1.165) is 25.1 Å². The van der Waals surface area contributed by atoms with E-state index in [2.05, 4.69) is 17.4 Å². The summed E-state index contributed by atoms with van der Waals surface area (Å²) < 4.78 is 26.4. The first kappa shape index (κ1) is 14.7. The van der Waals surface area contributed by atoms with Crippen LogP contribution < -0.4 is 5.32 Å². The van der Waals surface area contributed by atoms with E-state index < -0.39 is 11.6 Å². The molecule has 3 rings (SSSR count). The number of carbonyl (C=O) groups is 1. The van der Waals surface area contributed by atoms with Crippen LogP contribution in [0.15, 0.2) is 42.5 Å². The van der Waals surface area contributed by atoms with E-state index in [0.29, 0.717) is 6.54 Å². The second kappa shape index (κ2) is 6.23. The number of nitrogens with one attached hydrogen (secondary N) is 1. The predicted molar refractivity (Wildman–Crippen MR) is 80.4 cm³/mol. The fourth-order valence-electron chi connectivity index (χ4n) is 2.67. The van der Waals surface area contributed by atoms with Gasteiger partial charge in [-0.1, -0.05) is 24.3 Å². The third-order valence-electron chi connectivity index (χ3n) is 3.78. The minimum Gasteiger partial charge on any atom is -0.322 e. The number of fused-ring (bicyclic) bond motifs is 1. The highest BCUT2D eigenvalue weighted by atomic mass is 19.1. The van der Waals surface area contributed by atoms with Crippen molar-refractivity contribution >= 4 is 11.6 Å². The van der Waals surface area contributed by atoms with Crippen LogP contribution in [0.2, 0.25) is 0 Å². The molecule has 1 amide bonds. The summed E-state index contributed by atoms with van der Waals surface area (Å²) in [5.74, 6) is -1.73. The Bertz CT molecular complexity index is 703. The van der Waals surface area contributed by atoms with Gasteiger partial charge in [-0.05, 0) is 29.7 Å². The van der Waals surface area contributed by atoms with Crippen molar-refractivity contribution in [1.82, 2.24) is 4.90 Å². The van der Waals surface area contributed by atoms with Crippen molar-refractivity contribution in [3.63, 3.8) is 0 Å². The zero-order valence-electron chi connectivity index (χ0n) is 12.0. The van der Waals surface area contributed by atoms with Crippen LogP contribution in [0.4, 0.5) is 14.5 Å². The summed E-state index contributed by atoms with van der Waals surface area (Å²) in [4.78, 5) is 14.0. The molecule has 2 aromatic rings. The molecule has 5 heteroatoms. The maximum atomic E-state index is 13.5. The number of benzene rings is 2. The number of anilines is 1. The van der Waals surface area contributed by atoms with Gasteiger partial charge in [0.05, 0.1) is 12.2 Å². The van der Waals surface area contributed by atoms with Crippen LogP contribution in [0.1, 0.15) is 11.1 Å².